The summed E-state index contributed by atoms with van der Waals surface area (Å²) in [5, 5.41) is 1.38. The topological polar surface area (TPSA) is 66.5 Å². The minimum absolute atomic E-state index is 0.163. The quantitative estimate of drug-likeness (QED) is 0.381. The second-order valence-electron chi connectivity index (χ2n) is 7.90. The number of carbonyl (C=O) groups is 2. The summed E-state index contributed by atoms with van der Waals surface area (Å²) in [7, 11) is -1.30. The largest absolute Gasteiger partial charge is 0.274 e. The van der Waals surface area contributed by atoms with Crippen LogP contribution in [0.4, 0.5) is 0 Å². The molecule has 0 saturated carbocycles. The fourth-order valence-electron chi connectivity index (χ4n) is 3.86. The second kappa shape index (κ2) is 11.4. The average molecular weight is 461 g/mol. The van der Waals surface area contributed by atoms with Gasteiger partial charge >= 0.3 is 0 Å². The first-order valence-corrected chi connectivity index (χ1v) is 12.4. The van der Waals surface area contributed by atoms with Crippen molar-refractivity contribution >= 4 is 34.2 Å². The Morgan fingerprint density at radius 1 is 1.13 bits per heavy atom. The average Bonchev–Trinajstić information content (AvgIpc) is 2.75. The Kier molecular flexibility index (Phi) is 8.67. The van der Waals surface area contributed by atoms with Gasteiger partial charge in [0, 0.05) is 11.9 Å². The highest BCUT2D eigenvalue weighted by atomic mass is 35.5. The van der Waals surface area contributed by atoms with Gasteiger partial charge in [0.05, 0.1) is 22.5 Å². The molecule has 166 valence electrons. The van der Waals surface area contributed by atoms with Crippen LogP contribution in [0.5, 0.6) is 0 Å². The molecule has 0 aliphatic carbocycles. The normalized spacial score (nSPS) is 17.7. The molecule has 3 atom stereocenters. The van der Waals surface area contributed by atoms with E-state index in [4.69, 9.17) is 11.6 Å². The van der Waals surface area contributed by atoms with Crippen LogP contribution in [-0.4, -0.2) is 26.4 Å². The van der Waals surface area contributed by atoms with Gasteiger partial charge in [-0.2, -0.15) is 0 Å². The molecule has 1 aliphatic heterocycles. The standard InChI is InChI=1S/C24H29ClN2O3S/c1-18(28)26-27-23(29)17-24(27)31(30)22(20-12-6-4-7-13-20)15-8-3-2-5-10-19-11-9-14-21(25)16-19/h4,6-7,9,11-14,16,22,24H,2-3,5,8,10,15,17H2,1H3,(H,26,28). The van der Waals surface area contributed by atoms with Crippen molar-refractivity contribution in [3.8, 4) is 0 Å². The number of nitrogens with one attached hydrogen (secondary N) is 1. The molecule has 1 heterocycles. The molecule has 1 aliphatic rings. The summed E-state index contributed by atoms with van der Waals surface area (Å²) >= 11 is 6.04. The van der Waals surface area contributed by atoms with E-state index in [0.29, 0.717) is 0 Å². The molecule has 31 heavy (non-hydrogen) atoms. The number of hydrazine groups is 1. The lowest BCUT2D eigenvalue weighted by molar-refractivity contribution is -0.151. The number of rotatable bonds is 11. The number of hydrogen-bond acceptors (Lipinski definition) is 3. The summed E-state index contributed by atoms with van der Waals surface area (Å²) in [4.78, 5) is 23.3. The van der Waals surface area contributed by atoms with Crippen LogP contribution < -0.4 is 5.43 Å². The van der Waals surface area contributed by atoms with E-state index in [1.165, 1.54) is 17.5 Å². The zero-order valence-electron chi connectivity index (χ0n) is 17.8. The maximum absolute atomic E-state index is 13.4. The SMILES string of the molecule is CC(=O)NN1C(=O)CC1S(=O)C(CCCCCCc1cccc(Cl)c1)c1ccccc1. The van der Waals surface area contributed by atoms with Gasteiger partial charge in [-0.25, -0.2) is 5.01 Å². The smallest absolute Gasteiger partial charge is 0.245 e. The lowest BCUT2D eigenvalue weighted by Gasteiger charge is -2.40. The third-order valence-corrected chi connectivity index (χ3v) is 7.69. The van der Waals surface area contributed by atoms with E-state index >= 15 is 0 Å². The van der Waals surface area contributed by atoms with Gasteiger partial charge in [0.25, 0.3) is 0 Å². The number of aryl methyl sites for hydroxylation is 1. The third kappa shape index (κ3) is 6.65. The molecule has 7 heteroatoms. The number of unbranched alkanes of at least 4 members (excludes halogenated alkanes) is 3. The van der Waals surface area contributed by atoms with E-state index in [9.17, 15) is 13.8 Å². The van der Waals surface area contributed by atoms with E-state index < -0.39 is 16.2 Å². The van der Waals surface area contributed by atoms with Crippen LogP contribution >= 0.6 is 11.6 Å². The van der Waals surface area contributed by atoms with Crippen molar-refractivity contribution in [3.05, 3.63) is 70.7 Å². The first-order valence-electron chi connectivity index (χ1n) is 10.7. The molecule has 0 spiro atoms. The molecule has 0 radical (unpaired) electrons. The molecular weight excluding hydrogens is 432 g/mol. The predicted molar refractivity (Wildman–Crippen MR) is 125 cm³/mol. The highest BCUT2D eigenvalue weighted by Crippen LogP contribution is 2.33. The highest BCUT2D eigenvalue weighted by molar-refractivity contribution is 7.86. The molecule has 0 aromatic heterocycles. The number of benzene rings is 2. The molecule has 2 aromatic rings. The van der Waals surface area contributed by atoms with Crippen LogP contribution in [0.1, 0.15) is 61.8 Å². The van der Waals surface area contributed by atoms with Crippen molar-refractivity contribution in [2.45, 2.75) is 62.5 Å². The van der Waals surface area contributed by atoms with Gasteiger partial charge in [0.1, 0.15) is 5.37 Å². The molecule has 1 saturated heterocycles. The van der Waals surface area contributed by atoms with Crippen LogP contribution in [0.25, 0.3) is 0 Å². The summed E-state index contributed by atoms with van der Waals surface area (Å²) < 4.78 is 13.4. The molecule has 3 unspecified atom stereocenters. The summed E-state index contributed by atoms with van der Waals surface area (Å²) in [5.74, 6) is -0.521. The molecule has 2 amide bonds. The summed E-state index contributed by atoms with van der Waals surface area (Å²) in [6.45, 7) is 1.35. The fraction of sp³-hybridized carbons (Fsp3) is 0.417. The Labute approximate surface area is 191 Å². The predicted octanol–water partition coefficient (Wildman–Crippen LogP) is 4.93. The maximum Gasteiger partial charge on any atom is 0.245 e. The van der Waals surface area contributed by atoms with E-state index in [2.05, 4.69) is 11.5 Å². The molecule has 3 rings (SSSR count). The van der Waals surface area contributed by atoms with Crippen LogP contribution in [-0.2, 0) is 26.8 Å². The third-order valence-electron chi connectivity index (χ3n) is 5.47. The summed E-state index contributed by atoms with van der Waals surface area (Å²) in [6.07, 6.45) is 6.20. The first-order chi connectivity index (χ1) is 15.0. The summed E-state index contributed by atoms with van der Waals surface area (Å²) in [5.41, 5.74) is 4.78. The molecule has 1 N–H and O–H groups in total. The Bertz CT molecular complexity index is 922. The van der Waals surface area contributed by atoms with Crippen molar-refractivity contribution in [2.75, 3.05) is 0 Å². The van der Waals surface area contributed by atoms with E-state index in [1.54, 1.807) is 0 Å². The van der Waals surface area contributed by atoms with E-state index in [-0.39, 0.29) is 23.5 Å². The van der Waals surface area contributed by atoms with Gasteiger partial charge in [0.2, 0.25) is 11.8 Å². The van der Waals surface area contributed by atoms with Gasteiger partial charge in [0.15, 0.2) is 0 Å². The number of β-lactam (4-membered cyclic amide) rings is 1. The van der Waals surface area contributed by atoms with Crippen LogP contribution in [0.3, 0.4) is 0 Å². The Morgan fingerprint density at radius 3 is 2.55 bits per heavy atom. The number of hydrogen-bond donors (Lipinski definition) is 1. The lowest BCUT2D eigenvalue weighted by atomic mass is 10.0. The van der Waals surface area contributed by atoms with Crippen molar-refractivity contribution in [1.82, 2.24) is 10.4 Å². The first kappa shape index (κ1) is 23.5. The highest BCUT2D eigenvalue weighted by Gasteiger charge is 2.43. The minimum atomic E-state index is -1.30. The lowest BCUT2D eigenvalue weighted by Crippen LogP contribution is -2.62. The van der Waals surface area contributed by atoms with Gasteiger partial charge in [-0.1, -0.05) is 73.3 Å². The van der Waals surface area contributed by atoms with Gasteiger partial charge in [-0.05, 0) is 42.5 Å². The zero-order chi connectivity index (χ0) is 22.2. The minimum Gasteiger partial charge on any atom is -0.274 e. The van der Waals surface area contributed by atoms with Crippen molar-refractivity contribution in [3.63, 3.8) is 0 Å². The van der Waals surface area contributed by atoms with Crippen LogP contribution in [0, 0.1) is 0 Å². The van der Waals surface area contributed by atoms with Crippen molar-refractivity contribution in [2.24, 2.45) is 0 Å². The molecule has 2 aromatic carbocycles. The number of amides is 2. The van der Waals surface area contributed by atoms with Crippen LogP contribution in [0.2, 0.25) is 5.02 Å². The van der Waals surface area contributed by atoms with Crippen LogP contribution in [0.15, 0.2) is 54.6 Å². The number of halogens is 1. The van der Waals surface area contributed by atoms with Crippen molar-refractivity contribution in [1.29, 1.82) is 0 Å². The summed E-state index contributed by atoms with van der Waals surface area (Å²) in [6, 6.07) is 17.8. The molecular formula is C24H29ClN2O3S. The second-order valence-corrected chi connectivity index (χ2v) is 10.1. The fourth-order valence-corrected chi connectivity index (χ4v) is 5.96. The van der Waals surface area contributed by atoms with Gasteiger partial charge < -0.3 is 0 Å². The molecule has 0 bridgehead atoms. The zero-order valence-corrected chi connectivity index (χ0v) is 19.3. The number of nitrogens with zero attached hydrogens (tertiary/aromatic N) is 1. The van der Waals surface area contributed by atoms with Gasteiger partial charge in [-0.15, -0.1) is 0 Å². The molecule has 1 fully saturated rings. The Balaban J connectivity index is 1.53. The van der Waals surface area contributed by atoms with Crippen molar-refractivity contribution < 1.29 is 13.8 Å². The Morgan fingerprint density at radius 2 is 1.87 bits per heavy atom. The maximum atomic E-state index is 13.4. The number of carbonyl (C=O) groups excluding carboxylic acids is 2. The van der Waals surface area contributed by atoms with Gasteiger partial charge in [-0.3, -0.25) is 19.2 Å². The monoisotopic (exact) mass is 460 g/mol. The van der Waals surface area contributed by atoms with E-state index in [0.717, 1.165) is 49.1 Å². The molecule has 5 nitrogen and oxygen atoms in total. The van der Waals surface area contributed by atoms with E-state index in [1.807, 2.05) is 48.5 Å². The Hall–Kier alpha value is -2.18.